The number of carbonyl (C=O) groups is 1. The Labute approximate surface area is 140 Å². The highest BCUT2D eigenvalue weighted by molar-refractivity contribution is 6.31. The lowest BCUT2D eigenvalue weighted by molar-refractivity contribution is -0.122. The molecule has 0 saturated carbocycles. The Morgan fingerprint density at radius 2 is 2.00 bits per heavy atom. The van der Waals surface area contributed by atoms with Gasteiger partial charge < -0.3 is 10.1 Å². The summed E-state index contributed by atoms with van der Waals surface area (Å²) in [7, 11) is 0. The minimum atomic E-state index is -0.639. The van der Waals surface area contributed by atoms with Crippen LogP contribution in [0.4, 0.5) is 10.1 Å². The molecule has 0 bridgehead atoms. The molecule has 2 aromatic carbocycles. The second-order valence-electron chi connectivity index (χ2n) is 5.40. The fraction of sp³-hybridized carbons (Fsp3) is 0.278. The maximum Gasteiger partial charge on any atom is 0.265 e. The topological polar surface area (TPSA) is 38.3 Å². The molecule has 23 heavy (non-hydrogen) atoms. The van der Waals surface area contributed by atoms with Crippen molar-refractivity contribution in [2.24, 2.45) is 0 Å². The lowest BCUT2D eigenvalue weighted by atomic mass is 10.1. The van der Waals surface area contributed by atoms with Crippen molar-refractivity contribution in [2.45, 2.75) is 33.3 Å². The quantitative estimate of drug-likeness (QED) is 0.844. The minimum Gasteiger partial charge on any atom is -0.480 e. The normalized spacial score (nSPS) is 11.9. The summed E-state index contributed by atoms with van der Waals surface area (Å²) in [5.41, 5.74) is 2.54. The molecule has 3 nitrogen and oxygen atoms in total. The second-order valence-corrected chi connectivity index (χ2v) is 5.81. The molecule has 0 aromatic heterocycles. The molecule has 0 aliphatic heterocycles. The van der Waals surface area contributed by atoms with E-state index in [0.717, 1.165) is 11.1 Å². The summed E-state index contributed by atoms with van der Waals surface area (Å²) in [5, 5.41) is 2.66. The van der Waals surface area contributed by atoms with Gasteiger partial charge in [0, 0.05) is 5.69 Å². The molecule has 0 aliphatic rings. The van der Waals surface area contributed by atoms with Gasteiger partial charge in [-0.2, -0.15) is 0 Å². The number of benzene rings is 2. The maximum atomic E-state index is 13.2. The molecular formula is C18H19ClFNO2. The van der Waals surface area contributed by atoms with Crippen LogP contribution >= 0.6 is 11.6 Å². The van der Waals surface area contributed by atoms with Crippen LogP contribution in [0.1, 0.15) is 24.5 Å². The van der Waals surface area contributed by atoms with E-state index in [2.05, 4.69) is 5.32 Å². The third kappa shape index (κ3) is 4.45. The van der Waals surface area contributed by atoms with Crippen molar-refractivity contribution in [1.29, 1.82) is 0 Å². The third-order valence-corrected chi connectivity index (χ3v) is 3.74. The van der Waals surface area contributed by atoms with Crippen LogP contribution in [0.2, 0.25) is 5.02 Å². The number of amides is 1. The zero-order chi connectivity index (χ0) is 17.0. The number of hydrogen-bond acceptors (Lipinski definition) is 2. The molecule has 1 N–H and O–H groups in total. The van der Waals surface area contributed by atoms with Crippen molar-refractivity contribution in [3.63, 3.8) is 0 Å². The van der Waals surface area contributed by atoms with E-state index >= 15 is 0 Å². The van der Waals surface area contributed by atoms with Crippen LogP contribution < -0.4 is 10.1 Å². The van der Waals surface area contributed by atoms with Crippen LogP contribution in [0.5, 0.6) is 5.75 Å². The Morgan fingerprint density at radius 3 is 2.61 bits per heavy atom. The molecule has 5 heteroatoms. The van der Waals surface area contributed by atoms with E-state index in [4.69, 9.17) is 16.3 Å². The number of nitrogens with one attached hydrogen (secondary N) is 1. The highest BCUT2D eigenvalue weighted by atomic mass is 35.5. The SMILES string of the molecule is CCC(Oc1ccc(C)cc1C)C(=O)Nc1ccc(F)c(Cl)c1. The highest BCUT2D eigenvalue weighted by Gasteiger charge is 2.19. The Kier molecular flexibility index (Phi) is 5.61. The summed E-state index contributed by atoms with van der Waals surface area (Å²) in [4.78, 5) is 12.3. The van der Waals surface area contributed by atoms with Crippen LogP contribution in [0.3, 0.4) is 0 Å². The summed E-state index contributed by atoms with van der Waals surface area (Å²) in [6.45, 7) is 5.80. The predicted molar refractivity (Wildman–Crippen MR) is 90.7 cm³/mol. The van der Waals surface area contributed by atoms with Gasteiger partial charge in [0.05, 0.1) is 5.02 Å². The van der Waals surface area contributed by atoms with Gasteiger partial charge in [0.2, 0.25) is 0 Å². The third-order valence-electron chi connectivity index (χ3n) is 3.45. The van der Waals surface area contributed by atoms with E-state index in [9.17, 15) is 9.18 Å². The minimum absolute atomic E-state index is 0.0360. The fourth-order valence-electron chi connectivity index (χ4n) is 2.20. The summed E-state index contributed by atoms with van der Waals surface area (Å²) < 4.78 is 19.0. The van der Waals surface area contributed by atoms with Crippen LogP contribution in [-0.2, 0) is 4.79 Å². The van der Waals surface area contributed by atoms with Crippen LogP contribution in [0, 0.1) is 19.7 Å². The van der Waals surface area contributed by atoms with Crippen molar-refractivity contribution in [2.75, 3.05) is 5.32 Å². The van der Waals surface area contributed by atoms with E-state index in [1.807, 2.05) is 39.0 Å². The predicted octanol–water partition coefficient (Wildman–Crippen LogP) is 4.89. The molecule has 0 saturated heterocycles. The monoisotopic (exact) mass is 335 g/mol. The molecule has 2 aromatic rings. The average Bonchev–Trinajstić information content (AvgIpc) is 2.50. The highest BCUT2D eigenvalue weighted by Crippen LogP contribution is 2.23. The van der Waals surface area contributed by atoms with E-state index in [1.54, 1.807) is 0 Å². The molecule has 1 unspecified atom stereocenters. The largest absolute Gasteiger partial charge is 0.480 e. The standard InChI is InChI=1S/C18H19ClFNO2/c1-4-16(23-17-8-5-11(2)9-12(17)3)18(22)21-13-6-7-15(20)14(19)10-13/h5-10,16H,4H2,1-3H3,(H,21,22). The van der Waals surface area contributed by atoms with Crippen molar-refractivity contribution in [3.05, 3.63) is 58.4 Å². The molecule has 0 spiro atoms. The lowest BCUT2D eigenvalue weighted by Gasteiger charge is -2.19. The number of carbonyl (C=O) groups excluding carboxylic acids is 1. The van der Waals surface area contributed by atoms with Crippen LogP contribution in [0.25, 0.3) is 0 Å². The van der Waals surface area contributed by atoms with Gasteiger partial charge >= 0.3 is 0 Å². The van der Waals surface area contributed by atoms with Crippen molar-refractivity contribution in [1.82, 2.24) is 0 Å². The van der Waals surface area contributed by atoms with Gasteiger partial charge in [-0.05, 0) is 50.1 Å². The first-order valence-corrected chi connectivity index (χ1v) is 7.78. The van der Waals surface area contributed by atoms with Gasteiger partial charge in [0.25, 0.3) is 5.91 Å². The second kappa shape index (κ2) is 7.47. The average molecular weight is 336 g/mol. The first-order valence-electron chi connectivity index (χ1n) is 7.40. The van der Waals surface area contributed by atoms with E-state index in [1.165, 1.54) is 18.2 Å². The summed E-state index contributed by atoms with van der Waals surface area (Å²) in [5.74, 6) is -0.145. The number of aryl methyl sites for hydroxylation is 2. The first kappa shape index (κ1) is 17.3. The Bertz CT molecular complexity index is 718. The number of ether oxygens (including phenoxy) is 1. The van der Waals surface area contributed by atoms with Crippen LogP contribution in [-0.4, -0.2) is 12.0 Å². The van der Waals surface area contributed by atoms with Crippen molar-refractivity contribution < 1.29 is 13.9 Å². The molecule has 0 heterocycles. The number of rotatable bonds is 5. The fourth-order valence-corrected chi connectivity index (χ4v) is 2.38. The Hall–Kier alpha value is -2.07. The van der Waals surface area contributed by atoms with E-state index < -0.39 is 11.9 Å². The first-order chi connectivity index (χ1) is 10.9. The zero-order valence-corrected chi connectivity index (χ0v) is 14.1. The molecular weight excluding hydrogens is 317 g/mol. The van der Waals surface area contributed by atoms with Gasteiger partial charge in [-0.15, -0.1) is 0 Å². The van der Waals surface area contributed by atoms with Crippen molar-refractivity contribution >= 4 is 23.2 Å². The Morgan fingerprint density at radius 1 is 1.26 bits per heavy atom. The van der Waals surface area contributed by atoms with Gasteiger partial charge in [-0.3, -0.25) is 4.79 Å². The maximum absolute atomic E-state index is 13.2. The van der Waals surface area contributed by atoms with Gasteiger partial charge in [0.15, 0.2) is 6.10 Å². The molecule has 0 aliphatic carbocycles. The molecule has 122 valence electrons. The van der Waals surface area contributed by atoms with Crippen molar-refractivity contribution in [3.8, 4) is 5.75 Å². The van der Waals surface area contributed by atoms with Gasteiger partial charge in [-0.1, -0.05) is 36.2 Å². The summed E-state index contributed by atoms with van der Waals surface area (Å²) in [6.07, 6.45) is -0.131. The van der Waals surface area contributed by atoms with Crippen LogP contribution in [0.15, 0.2) is 36.4 Å². The lowest BCUT2D eigenvalue weighted by Crippen LogP contribution is -2.32. The van der Waals surface area contributed by atoms with E-state index in [0.29, 0.717) is 17.9 Å². The summed E-state index contributed by atoms with van der Waals surface area (Å²) >= 11 is 5.72. The molecule has 1 atom stereocenters. The number of hydrogen-bond donors (Lipinski definition) is 1. The molecule has 1 amide bonds. The zero-order valence-electron chi connectivity index (χ0n) is 13.3. The smallest absolute Gasteiger partial charge is 0.265 e. The number of halogens is 2. The molecule has 0 radical (unpaired) electrons. The molecule has 2 rings (SSSR count). The Balaban J connectivity index is 2.10. The number of anilines is 1. The van der Waals surface area contributed by atoms with E-state index in [-0.39, 0.29) is 10.9 Å². The van der Waals surface area contributed by atoms with Gasteiger partial charge in [-0.25, -0.2) is 4.39 Å². The van der Waals surface area contributed by atoms with Gasteiger partial charge in [0.1, 0.15) is 11.6 Å². The molecule has 0 fully saturated rings. The summed E-state index contributed by atoms with van der Waals surface area (Å²) in [6, 6.07) is 9.84.